The Morgan fingerprint density at radius 2 is 1.83 bits per heavy atom. The fourth-order valence-electron chi connectivity index (χ4n) is 3.80. The van der Waals surface area contributed by atoms with Gasteiger partial charge in [-0.1, -0.05) is 6.07 Å². The topological polar surface area (TPSA) is 105 Å². The molecule has 2 aromatic rings. The first-order valence-corrected chi connectivity index (χ1v) is 11.1. The maximum absolute atomic E-state index is 14.0. The van der Waals surface area contributed by atoms with Gasteiger partial charge in [0, 0.05) is 43.4 Å². The van der Waals surface area contributed by atoms with E-state index in [0.29, 0.717) is 37.2 Å². The first-order chi connectivity index (χ1) is 13.7. The van der Waals surface area contributed by atoms with Crippen molar-refractivity contribution in [3.63, 3.8) is 0 Å². The number of sulfone groups is 1. The summed E-state index contributed by atoms with van der Waals surface area (Å²) in [6.07, 6.45) is 2.18. The summed E-state index contributed by atoms with van der Waals surface area (Å²) in [6.45, 7) is 0.891. The fourth-order valence-corrected chi connectivity index (χ4v) is 4.43. The van der Waals surface area contributed by atoms with Gasteiger partial charge < -0.3 is 16.0 Å². The van der Waals surface area contributed by atoms with Crippen LogP contribution < -0.4 is 11.1 Å². The van der Waals surface area contributed by atoms with Crippen LogP contribution in [0.3, 0.4) is 0 Å². The number of carbonyl (C=O) groups is 1. The van der Waals surface area contributed by atoms with E-state index < -0.39 is 21.3 Å². The minimum atomic E-state index is -3.31. The van der Waals surface area contributed by atoms with Gasteiger partial charge in [-0.15, -0.1) is 0 Å². The third-order valence-corrected chi connectivity index (χ3v) is 6.51. The highest BCUT2D eigenvalue weighted by Gasteiger charge is 2.39. The van der Waals surface area contributed by atoms with E-state index in [9.17, 15) is 17.6 Å². The van der Waals surface area contributed by atoms with Gasteiger partial charge in [0.15, 0.2) is 9.84 Å². The zero-order chi connectivity index (χ0) is 20.8. The summed E-state index contributed by atoms with van der Waals surface area (Å²) in [6, 6.07) is 10.7. The van der Waals surface area contributed by atoms with Crippen molar-refractivity contribution in [2.75, 3.05) is 24.7 Å². The summed E-state index contributed by atoms with van der Waals surface area (Å²) >= 11 is 0. The number of hydrogen-bond donors (Lipinski definition) is 2. The number of aliphatic imine (C=N–C) groups is 1. The van der Waals surface area contributed by atoms with E-state index in [2.05, 4.69) is 10.3 Å². The van der Waals surface area contributed by atoms with Crippen LogP contribution >= 0.6 is 0 Å². The molecule has 29 heavy (non-hydrogen) atoms. The molecule has 2 aliphatic rings. The molecule has 1 spiro atoms. The molecule has 0 aromatic heterocycles. The molecule has 3 N–H and O–H groups in total. The first-order valence-electron chi connectivity index (χ1n) is 9.20. The highest BCUT2D eigenvalue weighted by molar-refractivity contribution is 7.90. The van der Waals surface area contributed by atoms with Crippen LogP contribution in [0.5, 0.6) is 0 Å². The van der Waals surface area contributed by atoms with Gasteiger partial charge in [-0.2, -0.15) is 0 Å². The molecule has 2 aromatic carbocycles. The summed E-state index contributed by atoms with van der Waals surface area (Å²) < 4.78 is 37.2. The van der Waals surface area contributed by atoms with E-state index >= 15 is 0 Å². The standard InChI is InChI=1S/C20H21FN4O3S/c1-29(27,28)14-7-5-13(6-8-14)19(26)25-11-9-20(10-12-25)23-16-4-2-3-15(21)17(16)18(22)24-20/h2-8,23H,9-12H2,1H3,(H2,22,24). The Morgan fingerprint density at radius 3 is 2.45 bits per heavy atom. The quantitative estimate of drug-likeness (QED) is 0.779. The van der Waals surface area contributed by atoms with Crippen LogP contribution in [0.2, 0.25) is 0 Å². The van der Waals surface area contributed by atoms with Crippen LogP contribution in [0.1, 0.15) is 28.8 Å². The molecule has 0 unspecified atom stereocenters. The van der Waals surface area contributed by atoms with E-state index in [0.717, 1.165) is 6.26 Å². The molecule has 1 fully saturated rings. The second kappa shape index (κ2) is 6.84. The van der Waals surface area contributed by atoms with Crippen molar-refractivity contribution >= 4 is 27.3 Å². The van der Waals surface area contributed by atoms with Crippen LogP contribution in [0.4, 0.5) is 10.1 Å². The molecule has 0 bridgehead atoms. The van der Waals surface area contributed by atoms with Gasteiger partial charge in [0.2, 0.25) is 0 Å². The highest BCUT2D eigenvalue weighted by Crippen LogP contribution is 2.35. The molecule has 7 nitrogen and oxygen atoms in total. The number of fused-ring (bicyclic) bond motifs is 1. The van der Waals surface area contributed by atoms with E-state index in [-0.39, 0.29) is 22.2 Å². The van der Waals surface area contributed by atoms with Crippen molar-refractivity contribution in [2.45, 2.75) is 23.4 Å². The number of piperidine rings is 1. The van der Waals surface area contributed by atoms with Crippen molar-refractivity contribution in [3.05, 3.63) is 59.4 Å². The number of nitrogens with zero attached hydrogens (tertiary/aromatic N) is 2. The van der Waals surface area contributed by atoms with Gasteiger partial charge in [-0.3, -0.25) is 4.79 Å². The predicted octanol–water partition coefficient (Wildman–Crippen LogP) is 1.99. The van der Waals surface area contributed by atoms with Crippen LogP contribution in [0.25, 0.3) is 0 Å². The molecule has 0 saturated carbocycles. The minimum absolute atomic E-state index is 0.160. The third-order valence-electron chi connectivity index (χ3n) is 5.38. The maximum atomic E-state index is 14.0. The lowest BCUT2D eigenvalue weighted by molar-refractivity contribution is 0.0685. The third kappa shape index (κ3) is 3.57. The lowest BCUT2D eigenvalue weighted by atomic mass is 9.93. The Balaban J connectivity index is 1.49. The Kier molecular flexibility index (Phi) is 4.57. The van der Waals surface area contributed by atoms with Crippen LogP contribution in [0.15, 0.2) is 52.4 Å². The normalized spacial score (nSPS) is 18.0. The number of benzene rings is 2. The number of rotatable bonds is 2. The van der Waals surface area contributed by atoms with Gasteiger partial charge in [0.05, 0.1) is 10.5 Å². The Hall–Kier alpha value is -2.94. The molecule has 0 atom stereocenters. The molecule has 4 rings (SSSR count). The number of halogens is 1. The number of nitrogens with two attached hydrogens (primary N) is 1. The molecule has 2 heterocycles. The number of nitrogens with one attached hydrogen (secondary N) is 1. The zero-order valence-electron chi connectivity index (χ0n) is 15.9. The predicted molar refractivity (Wildman–Crippen MR) is 108 cm³/mol. The molecule has 1 amide bonds. The lowest BCUT2D eigenvalue weighted by Gasteiger charge is -2.42. The van der Waals surface area contributed by atoms with E-state index in [1.165, 1.54) is 30.3 Å². The number of carbonyl (C=O) groups excluding carboxylic acids is 1. The minimum Gasteiger partial charge on any atom is -0.383 e. The van der Waals surface area contributed by atoms with E-state index in [4.69, 9.17) is 5.73 Å². The first kappa shape index (κ1) is 19.4. The van der Waals surface area contributed by atoms with Crippen molar-refractivity contribution in [3.8, 4) is 0 Å². The SMILES string of the molecule is CS(=O)(=O)c1ccc(C(=O)N2CCC3(CC2)N=C(N)c2c(F)cccc2N3)cc1. The maximum Gasteiger partial charge on any atom is 0.253 e. The van der Waals surface area contributed by atoms with Crippen molar-refractivity contribution < 1.29 is 17.6 Å². The molecular formula is C20H21FN4O3S. The number of likely N-dealkylation sites (tertiary alicyclic amines) is 1. The summed E-state index contributed by atoms with van der Waals surface area (Å²) in [7, 11) is -3.31. The zero-order valence-corrected chi connectivity index (χ0v) is 16.7. The highest BCUT2D eigenvalue weighted by atomic mass is 32.2. The van der Waals surface area contributed by atoms with Crippen LogP contribution in [-0.4, -0.2) is 50.1 Å². The number of hydrogen-bond acceptors (Lipinski definition) is 6. The summed E-state index contributed by atoms with van der Waals surface area (Å²) in [4.78, 5) is 19.2. The molecule has 0 radical (unpaired) electrons. The monoisotopic (exact) mass is 416 g/mol. The van der Waals surface area contributed by atoms with E-state index in [1.807, 2.05) is 0 Å². The van der Waals surface area contributed by atoms with Crippen LogP contribution in [-0.2, 0) is 9.84 Å². The van der Waals surface area contributed by atoms with Gasteiger partial charge in [0.1, 0.15) is 17.3 Å². The van der Waals surface area contributed by atoms with Gasteiger partial charge in [0.25, 0.3) is 5.91 Å². The van der Waals surface area contributed by atoms with Crippen LogP contribution in [0, 0.1) is 5.82 Å². The number of amides is 1. The Morgan fingerprint density at radius 1 is 1.17 bits per heavy atom. The van der Waals surface area contributed by atoms with Gasteiger partial charge >= 0.3 is 0 Å². The lowest BCUT2D eigenvalue weighted by Crippen LogP contribution is -2.52. The summed E-state index contributed by atoms with van der Waals surface area (Å²) in [5, 5.41) is 3.29. The largest absolute Gasteiger partial charge is 0.383 e. The Labute approximate surface area is 168 Å². The number of anilines is 1. The molecule has 9 heteroatoms. The number of amidine groups is 1. The summed E-state index contributed by atoms with van der Waals surface area (Å²) in [5.74, 6) is -0.427. The van der Waals surface area contributed by atoms with Gasteiger partial charge in [-0.05, 0) is 36.4 Å². The van der Waals surface area contributed by atoms with Gasteiger partial charge in [-0.25, -0.2) is 17.8 Å². The van der Waals surface area contributed by atoms with Crippen molar-refractivity contribution in [2.24, 2.45) is 10.7 Å². The molecule has 152 valence electrons. The molecule has 1 saturated heterocycles. The smallest absolute Gasteiger partial charge is 0.253 e. The molecule has 0 aliphatic carbocycles. The average molecular weight is 416 g/mol. The molecule has 2 aliphatic heterocycles. The van der Waals surface area contributed by atoms with E-state index in [1.54, 1.807) is 17.0 Å². The molecular weight excluding hydrogens is 395 g/mol. The summed E-state index contributed by atoms with van der Waals surface area (Å²) in [5.41, 5.74) is 6.68. The van der Waals surface area contributed by atoms with Crippen molar-refractivity contribution in [1.82, 2.24) is 4.90 Å². The average Bonchev–Trinajstić information content (AvgIpc) is 2.67. The second-order valence-electron chi connectivity index (χ2n) is 7.40. The second-order valence-corrected chi connectivity index (χ2v) is 9.42. The van der Waals surface area contributed by atoms with Crippen molar-refractivity contribution in [1.29, 1.82) is 0 Å². The fraction of sp³-hybridized carbons (Fsp3) is 0.300. The Bertz CT molecular complexity index is 1110.